The maximum atomic E-state index is 12.5. The van der Waals surface area contributed by atoms with Crippen molar-refractivity contribution in [1.82, 2.24) is 14.1 Å². The Morgan fingerprint density at radius 1 is 1.43 bits per heavy atom. The second kappa shape index (κ2) is 7.46. The molecule has 0 saturated carbocycles. The van der Waals surface area contributed by atoms with Gasteiger partial charge in [0.2, 0.25) is 10.0 Å². The van der Waals surface area contributed by atoms with Crippen molar-refractivity contribution in [2.24, 2.45) is 0 Å². The normalized spacial score (nSPS) is 13.0. The molecule has 0 aliphatic carbocycles. The number of nitrogens with zero attached hydrogens (tertiary/aromatic N) is 3. The van der Waals surface area contributed by atoms with E-state index in [1.54, 1.807) is 6.92 Å². The zero-order valence-electron chi connectivity index (χ0n) is 11.5. The van der Waals surface area contributed by atoms with E-state index in [2.05, 4.69) is 5.10 Å². The second-order valence-electron chi connectivity index (χ2n) is 4.44. The number of alkyl halides is 4. The first-order chi connectivity index (χ1) is 9.70. The van der Waals surface area contributed by atoms with Crippen LogP contribution in [0.25, 0.3) is 0 Å². The minimum absolute atomic E-state index is 0.200. The minimum atomic E-state index is -4.59. The minimum Gasteiger partial charge on any atom is -0.271 e. The molecule has 0 spiro atoms. The van der Waals surface area contributed by atoms with Gasteiger partial charge in [-0.15, -0.1) is 11.6 Å². The van der Waals surface area contributed by atoms with Crippen molar-refractivity contribution in [2.75, 3.05) is 19.0 Å². The average molecular weight is 348 g/mol. The molecule has 0 amide bonds. The molecule has 0 aromatic carbocycles. The Balaban J connectivity index is 2.97. The topological polar surface area (TPSA) is 55.2 Å². The number of sulfonamides is 1. The van der Waals surface area contributed by atoms with Crippen LogP contribution in [0.15, 0.2) is 17.3 Å². The second-order valence-corrected chi connectivity index (χ2v) is 6.75. The van der Waals surface area contributed by atoms with Crippen molar-refractivity contribution in [3.05, 3.63) is 12.4 Å². The van der Waals surface area contributed by atoms with Gasteiger partial charge >= 0.3 is 6.18 Å². The number of rotatable bonds is 8. The van der Waals surface area contributed by atoms with Crippen LogP contribution >= 0.6 is 11.6 Å². The zero-order chi connectivity index (χ0) is 16.1. The molecule has 1 rings (SSSR count). The molecule has 0 unspecified atom stereocenters. The Morgan fingerprint density at radius 3 is 2.62 bits per heavy atom. The largest absolute Gasteiger partial charge is 0.402 e. The van der Waals surface area contributed by atoms with Crippen LogP contribution in [0.3, 0.4) is 0 Å². The highest BCUT2D eigenvalue weighted by Gasteiger charge is 2.37. The highest BCUT2D eigenvalue weighted by atomic mass is 35.5. The Kier molecular flexibility index (Phi) is 6.48. The number of aromatic nitrogens is 2. The lowest BCUT2D eigenvalue weighted by atomic mass is 10.5. The average Bonchev–Trinajstić information content (AvgIpc) is 2.83. The molecule has 0 aliphatic rings. The predicted octanol–water partition coefficient (Wildman–Crippen LogP) is 2.48. The molecule has 0 bridgehead atoms. The standard InChI is InChI=1S/C11H17ClF3N3O2S/c1-2-5-18(9-11(13,14)15)21(19,20)10-7-16-17(8-10)6-3-4-12/h7-8H,2-6,9H2,1H3. The van der Waals surface area contributed by atoms with Crippen molar-refractivity contribution in [3.63, 3.8) is 0 Å². The van der Waals surface area contributed by atoms with Crippen molar-refractivity contribution >= 4 is 21.6 Å². The van der Waals surface area contributed by atoms with Crippen LogP contribution in [0.1, 0.15) is 19.8 Å². The van der Waals surface area contributed by atoms with Gasteiger partial charge in [-0.05, 0) is 12.8 Å². The molecule has 1 aromatic heterocycles. The van der Waals surface area contributed by atoms with E-state index in [4.69, 9.17) is 11.6 Å². The number of hydrogen-bond donors (Lipinski definition) is 0. The molecule has 0 atom stereocenters. The quantitative estimate of drug-likeness (QED) is 0.679. The summed E-state index contributed by atoms with van der Waals surface area (Å²) < 4.78 is 63.8. The third kappa shape index (κ3) is 5.48. The lowest BCUT2D eigenvalue weighted by Crippen LogP contribution is -2.39. The van der Waals surface area contributed by atoms with Gasteiger partial charge in [-0.25, -0.2) is 8.42 Å². The monoisotopic (exact) mass is 347 g/mol. The van der Waals surface area contributed by atoms with Gasteiger partial charge in [0.25, 0.3) is 0 Å². The van der Waals surface area contributed by atoms with Crippen molar-refractivity contribution in [3.8, 4) is 0 Å². The van der Waals surface area contributed by atoms with E-state index in [-0.39, 0.29) is 17.9 Å². The van der Waals surface area contributed by atoms with Crippen LogP contribution in [-0.2, 0) is 16.6 Å². The Labute approximate surface area is 126 Å². The SMILES string of the molecule is CCCN(CC(F)(F)F)S(=O)(=O)c1cnn(CCCCl)c1. The van der Waals surface area contributed by atoms with Gasteiger partial charge in [-0.3, -0.25) is 4.68 Å². The summed E-state index contributed by atoms with van der Waals surface area (Å²) >= 11 is 5.52. The molecule has 0 saturated heterocycles. The Morgan fingerprint density at radius 2 is 2.10 bits per heavy atom. The number of halogens is 4. The van der Waals surface area contributed by atoms with E-state index in [9.17, 15) is 21.6 Å². The summed E-state index contributed by atoms with van der Waals surface area (Å²) in [6, 6.07) is 0. The fraction of sp³-hybridized carbons (Fsp3) is 0.727. The van der Waals surface area contributed by atoms with E-state index in [1.807, 2.05) is 0 Å². The van der Waals surface area contributed by atoms with Gasteiger partial charge in [-0.1, -0.05) is 6.92 Å². The zero-order valence-corrected chi connectivity index (χ0v) is 13.0. The summed E-state index contributed by atoms with van der Waals surface area (Å²) in [5, 5.41) is 3.83. The first kappa shape index (κ1) is 18.2. The fourth-order valence-corrected chi connectivity index (χ4v) is 3.30. The van der Waals surface area contributed by atoms with E-state index in [1.165, 1.54) is 10.9 Å². The molecule has 1 heterocycles. The molecule has 0 radical (unpaired) electrons. The number of hydrogen-bond acceptors (Lipinski definition) is 3. The van der Waals surface area contributed by atoms with Gasteiger partial charge in [0.1, 0.15) is 11.4 Å². The lowest BCUT2D eigenvalue weighted by molar-refractivity contribution is -0.136. The predicted molar refractivity (Wildman–Crippen MR) is 72.7 cm³/mol. The third-order valence-corrected chi connectivity index (χ3v) is 4.66. The van der Waals surface area contributed by atoms with E-state index in [0.29, 0.717) is 23.2 Å². The summed E-state index contributed by atoms with van der Waals surface area (Å²) in [5.41, 5.74) is 0. The van der Waals surface area contributed by atoms with Crippen LogP contribution in [0.4, 0.5) is 13.2 Å². The van der Waals surface area contributed by atoms with Crippen LogP contribution < -0.4 is 0 Å². The van der Waals surface area contributed by atoms with E-state index < -0.39 is 22.7 Å². The smallest absolute Gasteiger partial charge is 0.271 e. The highest BCUT2D eigenvalue weighted by molar-refractivity contribution is 7.89. The maximum absolute atomic E-state index is 12.5. The van der Waals surface area contributed by atoms with Crippen LogP contribution in [-0.4, -0.2) is 47.6 Å². The van der Waals surface area contributed by atoms with Crippen molar-refractivity contribution in [2.45, 2.75) is 37.4 Å². The molecule has 0 aliphatic heterocycles. The lowest BCUT2D eigenvalue weighted by Gasteiger charge is -2.21. The third-order valence-electron chi connectivity index (χ3n) is 2.60. The summed E-state index contributed by atoms with van der Waals surface area (Å²) in [6.45, 7) is 0.319. The van der Waals surface area contributed by atoms with Gasteiger partial charge in [-0.2, -0.15) is 22.6 Å². The molecule has 0 fully saturated rings. The first-order valence-electron chi connectivity index (χ1n) is 6.36. The fourth-order valence-electron chi connectivity index (χ4n) is 1.70. The molecular formula is C11H17ClF3N3O2S. The Hall–Kier alpha value is -0.800. The van der Waals surface area contributed by atoms with Crippen molar-refractivity contribution < 1.29 is 21.6 Å². The van der Waals surface area contributed by atoms with Crippen LogP contribution in [0.5, 0.6) is 0 Å². The summed E-state index contributed by atoms with van der Waals surface area (Å²) in [5.74, 6) is 0.387. The van der Waals surface area contributed by atoms with Gasteiger partial charge in [0, 0.05) is 25.2 Å². The van der Waals surface area contributed by atoms with Crippen molar-refractivity contribution in [1.29, 1.82) is 0 Å². The van der Waals surface area contributed by atoms with E-state index >= 15 is 0 Å². The van der Waals surface area contributed by atoms with Gasteiger partial charge in [0.15, 0.2) is 0 Å². The molecule has 1 aromatic rings. The highest BCUT2D eigenvalue weighted by Crippen LogP contribution is 2.22. The van der Waals surface area contributed by atoms with Crippen LogP contribution in [0, 0.1) is 0 Å². The summed E-state index contributed by atoms with van der Waals surface area (Å²) in [7, 11) is -4.20. The summed E-state index contributed by atoms with van der Waals surface area (Å²) in [6.07, 6.45) is -1.43. The molecule has 5 nitrogen and oxygen atoms in total. The summed E-state index contributed by atoms with van der Waals surface area (Å²) in [4.78, 5) is -0.241. The van der Waals surface area contributed by atoms with Gasteiger partial charge in [0.05, 0.1) is 6.20 Å². The maximum Gasteiger partial charge on any atom is 0.402 e. The molecule has 21 heavy (non-hydrogen) atoms. The van der Waals surface area contributed by atoms with Gasteiger partial charge < -0.3 is 0 Å². The van der Waals surface area contributed by atoms with Crippen LogP contribution in [0.2, 0.25) is 0 Å². The van der Waals surface area contributed by atoms with E-state index in [0.717, 1.165) is 6.20 Å². The molecular weight excluding hydrogens is 331 g/mol. The number of aryl methyl sites for hydroxylation is 1. The molecule has 122 valence electrons. The molecule has 0 N–H and O–H groups in total. The molecule has 10 heteroatoms. The Bertz CT molecular complexity index is 545. The first-order valence-corrected chi connectivity index (χ1v) is 8.33.